The Morgan fingerprint density at radius 1 is 1.42 bits per heavy atom. The molecule has 0 bridgehead atoms. The van der Waals surface area contributed by atoms with Gasteiger partial charge in [-0.1, -0.05) is 5.16 Å². The van der Waals surface area contributed by atoms with Crippen LogP contribution in [0.5, 0.6) is 0 Å². The Morgan fingerprint density at radius 2 is 2.21 bits per heavy atom. The lowest BCUT2D eigenvalue weighted by Crippen LogP contribution is -2.28. The first kappa shape index (κ1) is 13.0. The van der Waals surface area contributed by atoms with Gasteiger partial charge in [-0.15, -0.1) is 0 Å². The molecule has 0 fully saturated rings. The van der Waals surface area contributed by atoms with Crippen LogP contribution in [0, 0.1) is 0 Å². The largest absolute Gasteiger partial charge is 0.378 e. The van der Waals surface area contributed by atoms with Crippen molar-refractivity contribution in [1.29, 1.82) is 0 Å². The zero-order valence-electron chi connectivity index (χ0n) is 11.0. The first-order valence-electron chi connectivity index (χ1n) is 5.78. The van der Waals surface area contributed by atoms with E-state index in [-0.39, 0.29) is 11.9 Å². The molecule has 1 amide bonds. The smallest absolute Gasteiger partial charge is 0.270 e. The molecule has 0 aliphatic carbocycles. The number of rotatable bonds is 4. The van der Waals surface area contributed by atoms with Crippen molar-refractivity contribution in [2.75, 3.05) is 19.0 Å². The second-order valence-electron chi connectivity index (χ2n) is 4.28. The number of nitrogens with one attached hydrogen (secondary N) is 1. The quantitative estimate of drug-likeness (QED) is 0.884. The summed E-state index contributed by atoms with van der Waals surface area (Å²) in [6.07, 6.45) is 2.83. The Kier molecular flexibility index (Phi) is 3.74. The summed E-state index contributed by atoms with van der Waals surface area (Å²) in [5.41, 5.74) is 1.26. The molecule has 100 valence electrons. The van der Waals surface area contributed by atoms with E-state index in [4.69, 9.17) is 0 Å². The third-order valence-corrected chi connectivity index (χ3v) is 2.61. The van der Waals surface area contributed by atoms with Crippen LogP contribution >= 0.6 is 0 Å². The fourth-order valence-corrected chi connectivity index (χ4v) is 1.53. The SMILES string of the molecule is CC(NC(=O)c1cc(N(C)C)ccn1)c1ncon1. The van der Waals surface area contributed by atoms with Gasteiger partial charge < -0.3 is 14.7 Å². The van der Waals surface area contributed by atoms with Crippen LogP contribution in [0.1, 0.15) is 29.3 Å². The topological polar surface area (TPSA) is 84.2 Å². The second-order valence-corrected chi connectivity index (χ2v) is 4.28. The molecule has 0 aliphatic rings. The summed E-state index contributed by atoms with van der Waals surface area (Å²) in [6.45, 7) is 1.78. The lowest BCUT2D eigenvalue weighted by molar-refractivity contribution is 0.0933. The molecular weight excluding hydrogens is 246 g/mol. The van der Waals surface area contributed by atoms with Gasteiger partial charge in [0.25, 0.3) is 5.91 Å². The minimum Gasteiger partial charge on any atom is -0.378 e. The highest BCUT2D eigenvalue weighted by atomic mass is 16.5. The number of carbonyl (C=O) groups is 1. The van der Waals surface area contributed by atoms with E-state index < -0.39 is 0 Å². The maximum Gasteiger partial charge on any atom is 0.270 e. The number of carbonyl (C=O) groups excluding carboxylic acids is 1. The number of aromatic nitrogens is 3. The Morgan fingerprint density at radius 3 is 2.84 bits per heavy atom. The Bertz CT molecular complexity index is 553. The number of nitrogens with zero attached hydrogens (tertiary/aromatic N) is 4. The molecule has 1 unspecified atom stereocenters. The van der Waals surface area contributed by atoms with Gasteiger partial charge in [-0.3, -0.25) is 9.78 Å². The molecule has 2 aromatic heterocycles. The zero-order valence-corrected chi connectivity index (χ0v) is 11.0. The summed E-state index contributed by atoms with van der Waals surface area (Å²) in [5, 5.41) is 6.44. The summed E-state index contributed by atoms with van der Waals surface area (Å²) in [5.74, 6) is 0.151. The molecule has 2 heterocycles. The summed E-state index contributed by atoms with van der Waals surface area (Å²) >= 11 is 0. The van der Waals surface area contributed by atoms with Crippen molar-refractivity contribution in [3.63, 3.8) is 0 Å². The highest BCUT2D eigenvalue weighted by Gasteiger charge is 2.16. The molecule has 0 saturated heterocycles. The van der Waals surface area contributed by atoms with Crippen LogP contribution < -0.4 is 10.2 Å². The molecular formula is C12H15N5O2. The van der Waals surface area contributed by atoms with Crippen molar-refractivity contribution in [1.82, 2.24) is 20.4 Å². The van der Waals surface area contributed by atoms with Gasteiger partial charge in [0.2, 0.25) is 6.39 Å². The third kappa shape index (κ3) is 3.06. The van der Waals surface area contributed by atoms with Crippen molar-refractivity contribution in [3.05, 3.63) is 36.2 Å². The molecule has 2 rings (SSSR count). The highest BCUT2D eigenvalue weighted by molar-refractivity contribution is 5.93. The molecule has 1 N–H and O–H groups in total. The molecule has 0 aliphatic heterocycles. The van der Waals surface area contributed by atoms with Gasteiger partial charge in [-0.05, 0) is 19.1 Å². The summed E-state index contributed by atoms with van der Waals surface area (Å²) < 4.78 is 4.64. The van der Waals surface area contributed by atoms with Crippen molar-refractivity contribution in [2.24, 2.45) is 0 Å². The van der Waals surface area contributed by atoms with Gasteiger partial charge in [0.05, 0.1) is 6.04 Å². The molecule has 2 aromatic rings. The number of hydrogen-bond acceptors (Lipinski definition) is 6. The van der Waals surface area contributed by atoms with Crippen LogP contribution in [0.3, 0.4) is 0 Å². The van der Waals surface area contributed by atoms with Crippen LogP contribution in [0.15, 0.2) is 29.2 Å². The van der Waals surface area contributed by atoms with Gasteiger partial charge in [0, 0.05) is 26.0 Å². The highest BCUT2D eigenvalue weighted by Crippen LogP contribution is 2.12. The number of amides is 1. The van der Waals surface area contributed by atoms with Gasteiger partial charge in [-0.2, -0.15) is 4.98 Å². The van der Waals surface area contributed by atoms with Crippen molar-refractivity contribution >= 4 is 11.6 Å². The summed E-state index contributed by atoms with van der Waals surface area (Å²) in [6, 6.07) is 3.22. The molecule has 0 spiro atoms. The van der Waals surface area contributed by atoms with Crippen LogP contribution in [-0.4, -0.2) is 35.1 Å². The molecule has 0 aromatic carbocycles. The van der Waals surface area contributed by atoms with Crippen LogP contribution in [-0.2, 0) is 0 Å². The fraction of sp³-hybridized carbons (Fsp3) is 0.333. The van der Waals surface area contributed by atoms with E-state index in [1.165, 1.54) is 6.39 Å². The van der Waals surface area contributed by atoms with Crippen molar-refractivity contribution in [2.45, 2.75) is 13.0 Å². The van der Waals surface area contributed by atoms with E-state index in [9.17, 15) is 4.79 Å². The van der Waals surface area contributed by atoms with E-state index in [0.29, 0.717) is 11.5 Å². The zero-order chi connectivity index (χ0) is 13.8. The fourth-order valence-electron chi connectivity index (χ4n) is 1.53. The third-order valence-electron chi connectivity index (χ3n) is 2.61. The van der Waals surface area contributed by atoms with E-state index in [1.54, 1.807) is 19.2 Å². The average Bonchev–Trinajstić information content (AvgIpc) is 2.92. The van der Waals surface area contributed by atoms with Crippen molar-refractivity contribution < 1.29 is 9.32 Å². The second kappa shape index (κ2) is 5.47. The lowest BCUT2D eigenvalue weighted by Gasteiger charge is -2.14. The monoisotopic (exact) mass is 261 g/mol. The first-order chi connectivity index (χ1) is 9.08. The van der Waals surface area contributed by atoms with Crippen LogP contribution in [0.2, 0.25) is 0 Å². The predicted octanol–water partition coefficient (Wildman–Crippen LogP) is 1.02. The van der Waals surface area contributed by atoms with Gasteiger partial charge >= 0.3 is 0 Å². The van der Waals surface area contributed by atoms with E-state index in [0.717, 1.165) is 5.69 Å². The average molecular weight is 261 g/mol. The maximum atomic E-state index is 12.0. The minimum atomic E-state index is -0.337. The molecule has 0 radical (unpaired) electrons. The minimum absolute atomic E-state index is 0.277. The molecule has 7 heteroatoms. The van der Waals surface area contributed by atoms with Gasteiger partial charge in [0.15, 0.2) is 5.82 Å². The Labute approximate surface area is 110 Å². The van der Waals surface area contributed by atoms with Gasteiger partial charge in [-0.25, -0.2) is 0 Å². The number of pyridine rings is 1. The predicted molar refractivity (Wildman–Crippen MR) is 68.7 cm³/mol. The summed E-state index contributed by atoms with van der Waals surface area (Å²) in [7, 11) is 3.80. The normalized spacial score (nSPS) is 11.9. The Balaban J connectivity index is 2.10. The first-order valence-corrected chi connectivity index (χ1v) is 5.78. The standard InChI is InChI=1S/C12H15N5O2/c1-8(11-14-7-19-16-11)15-12(18)10-6-9(17(2)3)4-5-13-10/h4-8H,1-3H3,(H,15,18). The van der Waals surface area contributed by atoms with Crippen LogP contribution in [0.25, 0.3) is 0 Å². The van der Waals surface area contributed by atoms with Crippen molar-refractivity contribution in [3.8, 4) is 0 Å². The summed E-state index contributed by atoms with van der Waals surface area (Å²) in [4.78, 5) is 21.9. The molecule has 1 atom stereocenters. The van der Waals surface area contributed by atoms with E-state index in [1.807, 2.05) is 25.1 Å². The van der Waals surface area contributed by atoms with Crippen LogP contribution in [0.4, 0.5) is 5.69 Å². The molecule has 19 heavy (non-hydrogen) atoms. The van der Waals surface area contributed by atoms with Gasteiger partial charge in [0.1, 0.15) is 5.69 Å². The Hall–Kier alpha value is -2.44. The lowest BCUT2D eigenvalue weighted by atomic mass is 10.2. The van der Waals surface area contributed by atoms with E-state index >= 15 is 0 Å². The van der Waals surface area contributed by atoms with E-state index in [2.05, 4.69) is 25.0 Å². The number of anilines is 1. The molecule has 0 saturated carbocycles. The maximum absolute atomic E-state index is 12.0. The number of hydrogen-bond donors (Lipinski definition) is 1. The molecule has 7 nitrogen and oxygen atoms in total.